The van der Waals surface area contributed by atoms with Crippen molar-refractivity contribution in [1.82, 2.24) is 0 Å². The van der Waals surface area contributed by atoms with Gasteiger partial charge in [-0.3, -0.25) is 0 Å². The van der Waals surface area contributed by atoms with E-state index in [0.717, 1.165) is 41.8 Å². The number of aryl methyl sites for hydroxylation is 1. The second kappa shape index (κ2) is 4.50. The van der Waals surface area contributed by atoms with Gasteiger partial charge in [-0.2, -0.15) is 0 Å². The fourth-order valence-electron chi connectivity index (χ4n) is 2.33. The number of hydrogen-bond donors (Lipinski definition) is 1. The van der Waals surface area contributed by atoms with E-state index in [1.54, 1.807) is 6.26 Å². The van der Waals surface area contributed by atoms with Gasteiger partial charge in [0.2, 0.25) is 0 Å². The zero-order chi connectivity index (χ0) is 12.5. The van der Waals surface area contributed by atoms with Gasteiger partial charge in [0.05, 0.1) is 18.9 Å². The number of rotatable bonds is 2. The van der Waals surface area contributed by atoms with Gasteiger partial charge in [-0.05, 0) is 43.5 Å². The maximum atomic E-state index is 6.23. The van der Waals surface area contributed by atoms with Gasteiger partial charge in [-0.15, -0.1) is 0 Å². The Morgan fingerprint density at radius 2 is 2.17 bits per heavy atom. The minimum absolute atomic E-state index is 0.196. The first-order chi connectivity index (χ1) is 8.74. The molecule has 0 bridgehead atoms. The lowest BCUT2D eigenvalue weighted by Crippen LogP contribution is -2.15. The van der Waals surface area contributed by atoms with Crippen molar-refractivity contribution in [3.63, 3.8) is 0 Å². The predicted octanol–water partition coefficient (Wildman–Crippen LogP) is 3.44. The summed E-state index contributed by atoms with van der Waals surface area (Å²) in [7, 11) is 0. The minimum atomic E-state index is -0.196. The van der Waals surface area contributed by atoms with Crippen LogP contribution in [0, 0.1) is 6.92 Å². The second-order valence-electron chi connectivity index (χ2n) is 4.83. The highest BCUT2D eigenvalue weighted by Gasteiger charge is 2.18. The predicted molar refractivity (Wildman–Crippen MR) is 71.1 cm³/mol. The van der Waals surface area contributed by atoms with Crippen LogP contribution in [0.5, 0.6) is 0 Å². The summed E-state index contributed by atoms with van der Waals surface area (Å²) in [6.45, 7) is 2.86. The van der Waals surface area contributed by atoms with Gasteiger partial charge in [-0.25, -0.2) is 0 Å². The Balaban J connectivity index is 1.96. The molecule has 2 heterocycles. The Labute approximate surface area is 106 Å². The maximum Gasteiger partial charge on any atom is 0.134 e. The van der Waals surface area contributed by atoms with E-state index in [1.165, 1.54) is 5.56 Å². The van der Waals surface area contributed by atoms with Crippen LogP contribution in [0.15, 0.2) is 40.5 Å². The molecular weight excluding hydrogens is 226 g/mol. The third kappa shape index (κ3) is 2.02. The summed E-state index contributed by atoms with van der Waals surface area (Å²) in [5.74, 6) is 0.812. The third-order valence-corrected chi connectivity index (χ3v) is 3.36. The standard InChI is InChI=1S/C15H17NO2/c1-10-4-5-13-12(7-10)8-14(18-13)15(16)11-3-2-6-17-9-11/h4-5,7-9,15H,2-3,6,16H2,1H3. The third-order valence-electron chi connectivity index (χ3n) is 3.36. The van der Waals surface area contributed by atoms with Crippen LogP contribution in [0.3, 0.4) is 0 Å². The molecule has 1 aliphatic rings. The summed E-state index contributed by atoms with van der Waals surface area (Å²) < 4.78 is 11.2. The van der Waals surface area contributed by atoms with Crippen molar-refractivity contribution in [3.8, 4) is 0 Å². The van der Waals surface area contributed by atoms with Crippen LogP contribution in [-0.4, -0.2) is 6.61 Å². The average Bonchev–Trinajstić information content (AvgIpc) is 2.81. The van der Waals surface area contributed by atoms with Gasteiger partial charge in [0.1, 0.15) is 11.3 Å². The minimum Gasteiger partial charge on any atom is -0.501 e. The number of ether oxygens (including phenoxy) is 1. The van der Waals surface area contributed by atoms with Crippen LogP contribution in [-0.2, 0) is 4.74 Å². The lowest BCUT2D eigenvalue weighted by Gasteiger charge is -2.17. The molecule has 0 amide bonds. The van der Waals surface area contributed by atoms with Crippen molar-refractivity contribution in [3.05, 3.63) is 47.4 Å². The molecule has 1 aromatic carbocycles. The van der Waals surface area contributed by atoms with Gasteiger partial charge in [0, 0.05) is 5.39 Å². The Bertz CT molecular complexity index is 598. The van der Waals surface area contributed by atoms with Crippen molar-refractivity contribution >= 4 is 11.0 Å². The van der Waals surface area contributed by atoms with Crippen molar-refractivity contribution in [2.45, 2.75) is 25.8 Å². The number of benzene rings is 1. The first kappa shape index (κ1) is 11.4. The van der Waals surface area contributed by atoms with Crippen molar-refractivity contribution in [1.29, 1.82) is 0 Å². The Morgan fingerprint density at radius 3 is 2.94 bits per heavy atom. The quantitative estimate of drug-likeness (QED) is 0.879. The molecule has 2 N–H and O–H groups in total. The van der Waals surface area contributed by atoms with Gasteiger partial charge in [-0.1, -0.05) is 11.6 Å². The molecule has 18 heavy (non-hydrogen) atoms. The molecule has 1 atom stereocenters. The lowest BCUT2D eigenvalue weighted by atomic mass is 10.0. The highest BCUT2D eigenvalue weighted by Crippen LogP contribution is 2.30. The zero-order valence-electron chi connectivity index (χ0n) is 10.5. The molecule has 0 saturated heterocycles. The van der Waals surface area contributed by atoms with E-state index in [9.17, 15) is 0 Å². The van der Waals surface area contributed by atoms with E-state index in [4.69, 9.17) is 14.9 Å². The topological polar surface area (TPSA) is 48.4 Å². The molecule has 3 heteroatoms. The molecular formula is C15H17NO2. The van der Waals surface area contributed by atoms with E-state index in [2.05, 4.69) is 13.0 Å². The maximum absolute atomic E-state index is 6.23. The highest BCUT2D eigenvalue weighted by molar-refractivity contribution is 5.78. The highest BCUT2D eigenvalue weighted by atomic mass is 16.5. The smallest absolute Gasteiger partial charge is 0.134 e. The van der Waals surface area contributed by atoms with Crippen molar-refractivity contribution in [2.24, 2.45) is 5.73 Å². The van der Waals surface area contributed by atoms with E-state index in [1.807, 2.05) is 18.2 Å². The Hall–Kier alpha value is -1.74. The summed E-state index contributed by atoms with van der Waals surface area (Å²) in [5.41, 5.74) is 9.46. The second-order valence-corrected chi connectivity index (χ2v) is 4.83. The molecule has 0 radical (unpaired) electrons. The van der Waals surface area contributed by atoms with Crippen LogP contribution in [0.1, 0.15) is 30.2 Å². The average molecular weight is 243 g/mol. The molecule has 3 nitrogen and oxygen atoms in total. The molecule has 1 unspecified atom stereocenters. The number of furan rings is 1. The fourth-order valence-corrected chi connectivity index (χ4v) is 2.33. The van der Waals surface area contributed by atoms with Crippen LogP contribution < -0.4 is 5.73 Å². The van der Waals surface area contributed by atoms with Gasteiger partial charge < -0.3 is 14.9 Å². The SMILES string of the molecule is Cc1ccc2oc(C(N)C3=COCCC3)cc2c1. The summed E-state index contributed by atoms with van der Waals surface area (Å²) >= 11 is 0. The molecule has 1 aliphatic heterocycles. The molecule has 3 rings (SSSR count). The largest absolute Gasteiger partial charge is 0.501 e. The monoisotopic (exact) mass is 243 g/mol. The molecule has 94 valence electrons. The van der Waals surface area contributed by atoms with Crippen LogP contribution in [0.25, 0.3) is 11.0 Å². The molecule has 0 aliphatic carbocycles. The zero-order valence-corrected chi connectivity index (χ0v) is 10.5. The first-order valence-corrected chi connectivity index (χ1v) is 6.30. The van der Waals surface area contributed by atoms with Crippen LogP contribution >= 0.6 is 0 Å². The van der Waals surface area contributed by atoms with Crippen LogP contribution in [0.2, 0.25) is 0 Å². The number of hydrogen-bond acceptors (Lipinski definition) is 3. The number of fused-ring (bicyclic) bond motifs is 1. The Kier molecular flexibility index (Phi) is 2.84. The fraction of sp³-hybridized carbons (Fsp3) is 0.333. The van der Waals surface area contributed by atoms with E-state index < -0.39 is 0 Å². The summed E-state index contributed by atoms with van der Waals surface area (Å²) in [6.07, 6.45) is 3.79. The lowest BCUT2D eigenvalue weighted by molar-refractivity contribution is 0.220. The van der Waals surface area contributed by atoms with Crippen molar-refractivity contribution in [2.75, 3.05) is 6.61 Å². The van der Waals surface area contributed by atoms with Crippen molar-refractivity contribution < 1.29 is 9.15 Å². The summed E-state index contributed by atoms with van der Waals surface area (Å²) in [5, 5.41) is 1.11. The van der Waals surface area contributed by atoms with E-state index in [-0.39, 0.29) is 6.04 Å². The molecule has 0 fully saturated rings. The normalized spacial score (nSPS) is 17.3. The Morgan fingerprint density at radius 1 is 1.28 bits per heavy atom. The molecule has 0 saturated carbocycles. The van der Waals surface area contributed by atoms with Gasteiger partial charge in [0.15, 0.2) is 0 Å². The first-order valence-electron chi connectivity index (χ1n) is 6.30. The molecule has 0 spiro atoms. The van der Waals surface area contributed by atoms with Gasteiger partial charge >= 0.3 is 0 Å². The van der Waals surface area contributed by atoms with E-state index in [0.29, 0.717) is 0 Å². The summed E-state index contributed by atoms with van der Waals surface area (Å²) in [4.78, 5) is 0. The van der Waals surface area contributed by atoms with Crippen LogP contribution in [0.4, 0.5) is 0 Å². The molecule has 2 aromatic rings. The number of nitrogens with two attached hydrogens (primary N) is 1. The summed E-state index contributed by atoms with van der Waals surface area (Å²) in [6, 6.07) is 7.98. The van der Waals surface area contributed by atoms with E-state index >= 15 is 0 Å². The molecule has 1 aromatic heterocycles. The van der Waals surface area contributed by atoms with Gasteiger partial charge in [0.25, 0.3) is 0 Å².